The summed E-state index contributed by atoms with van der Waals surface area (Å²) in [5.41, 5.74) is 8.53. The molecular weight excluding hydrogens is 258 g/mol. The molecule has 112 valence electrons. The van der Waals surface area contributed by atoms with Crippen molar-refractivity contribution in [3.05, 3.63) is 34.9 Å². The lowest BCUT2D eigenvalue weighted by Gasteiger charge is -2.09. The Morgan fingerprint density at radius 1 is 1.40 bits per heavy atom. The van der Waals surface area contributed by atoms with Gasteiger partial charge >= 0.3 is 0 Å². The Bertz CT molecular complexity index is 436. The maximum Gasteiger partial charge on any atom is 0.170 e. The van der Waals surface area contributed by atoms with Crippen LogP contribution in [-0.4, -0.2) is 42.5 Å². The molecule has 0 aliphatic carbocycles. The van der Waals surface area contributed by atoms with E-state index >= 15 is 0 Å². The van der Waals surface area contributed by atoms with Gasteiger partial charge in [0.05, 0.1) is 13.2 Å². The van der Waals surface area contributed by atoms with E-state index in [1.165, 1.54) is 5.56 Å². The maximum absolute atomic E-state index is 8.63. The molecule has 0 bridgehead atoms. The second-order valence-corrected chi connectivity index (χ2v) is 4.49. The van der Waals surface area contributed by atoms with Gasteiger partial charge in [-0.2, -0.15) is 0 Å². The average molecular weight is 281 g/mol. The van der Waals surface area contributed by atoms with Gasteiger partial charge in [-0.1, -0.05) is 17.3 Å². The third kappa shape index (κ3) is 5.56. The lowest BCUT2D eigenvalue weighted by molar-refractivity contribution is 0.0907. The largest absolute Gasteiger partial charge is 0.409 e. The zero-order chi connectivity index (χ0) is 14.8. The Hall–Kier alpha value is -1.63. The predicted molar refractivity (Wildman–Crippen MR) is 77.9 cm³/mol. The number of benzene rings is 1. The zero-order valence-corrected chi connectivity index (χ0v) is 11.8. The Labute approximate surface area is 119 Å². The Balaban J connectivity index is 2.34. The van der Waals surface area contributed by atoms with Crippen molar-refractivity contribution in [2.75, 3.05) is 26.4 Å². The number of aryl methyl sites for hydroxylation is 1. The van der Waals surface area contributed by atoms with Crippen LogP contribution in [0.2, 0.25) is 0 Å². The summed E-state index contributed by atoms with van der Waals surface area (Å²) in [6.45, 7) is 4.73. The molecule has 20 heavy (non-hydrogen) atoms. The Kier molecular flexibility index (Phi) is 7.64. The van der Waals surface area contributed by atoms with Crippen LogP contribution in [0.1, 0.15) is 23.1 Å². The number of hydrogen-bond donors (Lipinski definition) is 4. The number of nitrogens with one attached hydrogen (secondary N) is 1. The van der Waals surface area contributed by atoms with Crippen LogP contribution in [0.15, 0.2) is 23.4 Å². The number of aliphatic hydroxyl groups excluding tert-OH is 1. The average Bonchev–Trinajstić information content (AvgIpc) is 2.46. The van der Waals surface area contributed by atoms with E-state index in [-0.39, 0.29) is 12.4 Å². The van der Waals surface area contributed by atoms with Crippen LogP contribution < -0.4 is 11.1 Å². The molecule has 1 aromatic rings. The standard InChI is InChI=1S/C14H23N3O3/c1-11-9-12(14(15)17-19)3-4-13(11)10-16-5-2-7-20-8-6-18/h3-4,9,16,18-19H,2,5-8,10H2,1H3,(H2,15,17). The molecule has 0 radical (unpaired) electrons. The fourth-order valence-electron chi connectivity index (χ4n) is 1.80. The number of nitrogens with zero attached hydrogens (tertiary/aromatic N) is 1. The third-order valence-electron chi connectivity index (χ3n) is 2.94. The molecule has 0 heterocycles. The number of amidine groups is 1. The molecule has 0 spiro atoms. The highest BCUT2D eigenvalue weighted by Gasteiger charge is 2.03. The maximum atomic E-state index is 8.63. The molecule has 1 rings (SSSR count). The Morgan fingerprint density at radius 3 is 2.85 bits per heavy atom. The number of ether oxygens (including phenoxy) is 1. The molecule has 0 saturated heterocycles. The molecule has 0 atom stereocenters. The van der Waals surface area contributed by atoms with Crippen molar-refractivity contribution in [3.63, 3.8) is 0 Å². The molecule has 0 amide bonds. The summed E-state index contributed by atoms with van der Waals surface area (Å²) in [7, 11) is 0. The van der Waals surface area contributed by atoms with E-state index < -0.39 is 0 Å². The summed E-state index contributed by atoms with van der Waals surface area (Å²) in [5, 5.41) is 23.5. The van der Waals surface area contributed by atoms with Gasteiger partial charge in [-0.25, -0.2) is 0 Å². The van der Waals surface area contributed by atoms with Crippen LogP contribution in [-0.2, 0) is 11.3 Å². The van der Waals surface area contributed by atoms with Crippen molar-refractivity contribution < 1.29 is 15.1 Å². The minimum atomic E-state index is 0.0687. The summed E-state index contributed by atoms with van der Waals surface area (Å²) in [6, 6.07) is 5.71. The van der Waals surface area contributed by atoms with Gasteiger partial charge in [0.1, 0.15) is 0 Å². The first-order chi connectivity index (χ1) is 9.69. The van der Waals surface area contributed by atoms with Gasteiger partial charge < -0.3 is 26.1 Å². The molecule has 0 fully saturated rings. The number of oxime groups is 1. The summed E-state index contributed by atoms with van der Waals surface area (Å²) in [5.74, 6) is 0.119. The van der Waals surface area contributed by atoms with Crippen LogP contribution in [0.25, 0.3) is 0 Å². The third-order valence-corrected chi connectivity index (χ3v) is 2.94. The van der Waals surface area contributed by atoms with E-state index in [2.05, 4.69) is 10.5 Å². The van der Waals surface area contributed by atoms with Gasteiger partial charge in [0.15, 0.2) is 5.84 Å². The smallest absolute Gasteiger partial charge is 0.170 e. The van der Waals surface area contributed by atoms with Gasteiger partial charge in [0.25, 0.3) is 0 Å². The van der Waals surface area contributed by atoms with Crippen LogP contribution >= 0.6 is 0 Å². The van der Waals surface area contributed by atoms with Crippen molar-refractivity contribution >= 4 is 5.84 Å². The quantitative estimate of drug-likeness (QED) is 0.174. The van der Waals surface area contributed by atoms with E-state index in [9.17, 15) is 0 Å². The molecule has 1 aromatic carbocycles. The summed E-state index contributed by atoms with van der Waals surface area (Å²) >= 11 is 0. The lowest BCUT2D eigenvalue weighted by Crippen LogP contribution is -2.18. The van der Waals surface area contributed by atoms with Gasteiger partial charge in [-0.05, 0) is 37.1 Å². The van der Waals surface area contributed by atoms with Crippen molar-refractivity contribution in [3.8, 4) is 0 Å². The lowest BCUT2D eigenvalue weighted by atomic mass is 10.0. The summed E-state index contributed by atoms with van der Waals surface area (Å²) in [6.07, 6.45) is 0.904. The second kappa shape index (κ2) is 9.30. The summed E-state index contributed by atoms with van der Waals surface area (Å²) < 4.78 is 5.17. The minimum absolute atomic E-state index is 0.0687. The molecule has 5 N–H and O–H groups in total. The van der Waals surface area contributed by atoms with Gasteiger partial charge in [0.2, 0.25) is 0 Å². The first kappa shape index (κ1) is 16.4. The molecule has 6 heteroatoms. The first-order valence-corrected chi connectivity index (χ1v) is 6.65. The molecular formula is C14H23N3O3. The van der Waals surface area contributed by atoms with E-state index in [0.29, 0.717) is 18.8 Å². The molecule has 0 aliphatic heterocycles. The van der Waals surface area contributed by atoms with Gasteiger partial charge in [-0.3, -0.25) is 0 Å². The fraction of sp³-hybridized carbons (Fsp3) is 0.500. The number of aliphatic hydroxyl groups is 1. The SMILES string of the molecule is Cc1cc(/C(N)=N/O)ccc1CNCCCOCCO. The summed E-state index contributed by atoms with van der Waals surface area (Å²) in [4.78, 5) is 0. The highest BCUT2D eigenvalue weighted by atomic mass is 16.5. The van der Waals surface area contributed by atoms with E-state index in [1.807, 2.05) is 25.1 Å². The molecule has 0 saturated carbocycles. The molecule has 0 aliphatic rings. The van der Waals surface area contributed by atoms with Crippen molar-refractivity contribution in [1.29, 1.82) is 0 Å². The van der Waals surface area contributed by atoms with Crippen LogP contribution in [0, 0.1) is 6.92 Å². The normalized spacial score (nSPS) is 11.8. The number of hydrogen-bond acceptors (Lipinski definition) is 5. The number of nitrogens with two attached hydrogens (primary N) is 1. The van der Waals surface area contributed by atoms with Gasteiger partial charge in [-0.15, -0.1) is 0 Å². The van der Waals surface area contributed by atoms with Crippen LogP contribution in [0.4, 0.5) is 0 Å². The highest BCUT2D eigenvalue weighted by molar-refractivity contribution is 5.97. The molecule has 0 unspecified atom stereocenters. The second-order valence-electron chi connectivity index (χ2n) is 4.49. The minimum Gasteiger partial charge on any atom is -0.409 e. The van der Waals surface area contributed by atoms with Crippen molar-refractivity contribution in [1.82, 2.24) is 5.32 Å². The van der Waals surface area contributed by atoms with Crippen LogP contribution in [0.3, 0.4) is 0 Å². The number of rotatable bonds is 9. The Morgan fingerprint density at radius 2 is 2.20 bits per heavy atom. The zero-order valence-electron chi connectivity index (χ0n) is 11.8. The van der Waals surface area contributed by atoms with E-state index in [4.69, 9.17) is 20.8 Å². The van der Waals surface area contributed by atoms with Gasteiger partial charge in [0, 0.05) is 18.7 Å². The van der Waals surface area contributed by atoms with Crippen LogP contribution in [0.5, 0.6) is 0 Å². The van der Waals surface area contributed by atoms with Crippen molar-refractivity contribution in [2.24, 2.45) is 10.9 Å². The predicted octanol–water partition coefficient (Wildman–Crippen LogP) is 0.578. The fourth-order valence-corrected chi connectivity index (χ4v) is 1.80. The monoisotopic (exact) mass is 281 g/mol. The molecule has 6 nitrogen and oxygen atoms in total. The topological polar surface area (TPSA) is 100 Å². The van der Waals surface area contributed by atoms with E-state index in [0.717, 1.165) is 25.1 Å². The highest BCUT2D eigenvalue weighted by Crippen LogP contribution is 2.11. The first-order valence-electron chi connectivity index (χ1n) is 6.65. The van der Waals surface area contributed by atoms with Crippen molar-refractivity contribution in [2.45, 2.75) is 19.9 Å². The molecule has 0 aromatic heterocycles. The van der Waals surface area contributed by atoms with E-state index in [1.54, 1.807) is 0 Å².